The summed E-state index contributed by atoms with van der Waals surface area (Å²) in [6.45, 7) is 18.1. The van der Waals surface area contributed by atoms with E-state index in [0.29, 0.717) is 5.92 Å². The van der Waals surface area contributed by atoms with Crippen LogP contribution in [0.5, 0.6) is 0 Å². The van der Waals surface area contributed by atoms with Crippen LogP contribution in [-0.2, 0) is 6.42 Å². The van der Waals surface area contributed by atoms with Gasteiger partial charge in [-0.2, -0.15) is 0 Å². The van der Waals surface area contributed by atoms with Crippen LogP contribution in [0.4, 0.5) is 5.82 Å². The maximum Gasteiger partial charge on any atom is 0.138 e. The third-order valence-electron chi connectivity index (χ3n) is 3.88. The summed E-state index contributed by atoms with van der Waals surface area (Å²) >= 11 is 0. The summed E-state index contributed by atoms with van der Waals surface area (Å²) in [6, 6.07) is 4.31. The van der Waals surface area contributed by atoms with E-state index in [1.807, 2.05) is 0 Å². The van der Waals surface area contributed by atoms with Crippen molar-refractivity contribution in [2.45, 2.75) is 73.8 Å². The van der Waals surface area contributed by atoms with E-state index in [1.165, 1.54) is 11.3 Å². The highest BCUT2D eigenvalue weighted by atomic mass is 15.2. The molecule has 0 aliphatic rings. The predicted molar refractivity (Wildman–Crippen MR) is 100 cm³/mol. The van der Waals surface area contributed by atoms with Gasteiger partial charge < -0.3 is 5.32 Å². The van der Waals surface area contributed by atoms with Gasteiger partial charge in [0.2, 0.25) is 0 Å². The number of hydrogen-bond acceptors (Lipinski definition) is 2. The summed E-state index contributed by atoms with van der Waals surface area (Å²) in [5, 5.41) is 3.79. The van der Waals surface area contributed by atoms with Crippen molar-refractivity contribution in [3.8, 4) is 0 Å². The summed E-state index contributed by atoms with van der Waals surface area (Å²) < 4.78 is 2.20. The number of nitrogens with one attached hydrogen (secondary N) is 1. The Bertz CT molecular complexity index is 672. The molecule has 2 heterocycles. The lowest BCUT2D eigenvalue weighted by Crippen LogP contribution is -2.36. The molecule has 0 atom stereocenters. The summed E-state index contributed by atoms with van der Waals surface area (Å²) in [4.78, 5) is 4.89. The number of aryl methyl sites for hydroxylation is 1. The molecule has 2 rings (SSSR count). The van der Waals surface area contributed by atoms with E-state index in [9.17, 15) is 0 Å². The molecular weight excluding hydrogens is 282 g/mol. The topological polar surface area (TPSA) is 29.3 Å². The smallest absolute Gasteiger partial charge is 0.138 e. The zero-order valence-corrected chi connectivity index (χ0v) is 16.1. The Balaban J connectivity index is 2.44. The summed E-state index contributed by atoms with van der Waals surface area (Å²) in [6.07, 6.45) is 4.23. The predicted octanol–water partition coefficient (Wildman–Crippen LogP) is 5.47. The average Bonchev–Trinajstić information content (AvgIpc) is 2.61. The van der Waals surface area contributed by atoms with Gasteiger partial charge in [0.15, 0.2) is 0 Å². The van der Waals surface area contributed by atoms with Gasteiger partial charge >= 0.3 is 0 Å². The number of imidazole rings is 1. The van der Waals surface area contributed by atoms with Crippen molar-refractivity contribution in [1.82, 2.24) is 9.38 Å². The molecule has 0 bridgehead atoms. The van der Waals surface area contributed by atoms with Crippen LogP contribution >= 0.6 is 0 Å². The van der Waals surface area contributed by atoms with E-state index >= 15 is 0 Å². The fourth-order valence-corrected chi connectivity index (χ4v) is 3.55. The van der Waals surface area contributed by atoms with Crippen molar-refractivity contribution in [3.63, 3.8) is 0 Å². The Morgan fingerprint density at radius 3 is 2.39 bits per heavy atom. The highest BCUT2D eigenvalue weighted by Gasteiger charge is 2.27. The number of fused-ring (bicyclic) bond motifs is 1. The molecule has 2 aromatic heterocycles. The van der Waals surface area contributed by atoms with E-state index in [1.54, 1.807) is 0 Å². The molecule has 0 amide bonds. The highest BCUT2D eigenvalue weighted by molar-refractivity contribution is 5.57. The first kappa shape index (κ1) is 17.8. The normalized spacial score (nSPS) is 13.1. The first-order valence-corrected chi connectivity index (χ1v) is 8.73. The standard InChI is InChI=1S/C20H33N3/c1-14(2)11-16-18(22-20(7,8)13-19(4,5)6)23-10-9-15(3)12-17(23)21-16/h9-10,12,14,22H,11,13H2,1-8H3. The number of hydrogen-bond donors (Lipinski definition) is 1. The Hall–Kier alpha value is -1.51. The minimum Gasteiger partial charge on any atom is -0.365 e. The van der Waals surface area contributed by atoms with E-state index in [0.717, 1.165) is 24.3 Å². The maximum atomic E-state index is 4.89. The second kappa shape index (κ2) is 6.18. The molecule has 1 N–H and O–H groups in total. The van der Waals surface area contributed by atoms with E-state index < -0.39 is 0 Å². The second-order valence-electron chi connectivity index (χ2n) is 9.18. The van der Waals surface area contributed by atoms with Gasteiger partial charge in [-0.05, 0) is 62.6 Å². The van der Waals surface area contributed by atoms with Gasteiger partial charge in [0.05, 0.1) is 5.69 Å². The molecule has 0 spiro atoms. The van der Waals surface area contributed by atoms with Crippen molar-refractivity contribution >= 4 is 11.5 Å². The molecule has 0 aliphatic carbocycles. The van der Waals surface area contributed by atoms with Crippen LogP contribution in [0.25, 0.3) is 5.65 Å². The summed E-state index contributed by atoms with van der Waals surface area (Å²) in [5.74, 6) is 1.75. The Kier molecular flexibility index (Phi) is 4.79. The lowest BCUT2D eigenvalue weighted by molar-refractivity contribution is 0.301. The van der Waals surface area contributed by atoms with E-state index in [2.05, 4.69) is 83.4 Å². The number of pyridine rings is 1. The van der Waals surface area contributed by atoms with E-state index in [4.69, 9.17) is 4.98 Å². The fourth-order valence-electron chi connectivity index (χ4n) is 3.55. The number of aromatic nitrogens is 2. The maximum absolute atomic E-state index is 4.89. The highest BCUT2D eigenvalue weighted by Crippen LogP contribution is 2.32. The molecule has 128 valence electrons. The number of rotatable bonds is 5. The van der Waals surface area contributed by atoms with E-state index in [-0.39, 0.29) is 11.0 Å². The molecule has 3 nitrogen and oxygen atoms in total. The van der Waals surface area contributed by atoms with Crippen molar-refractivity contribution in [3.05, 3.63) is 29.6 Å². The zero-order valence-electron chi connectivity index (χ0n) is 16.1. The van der Waals surface area contributed by atoms with Crippen LogP contribution in [-0.4, -0.2) is 14.9 Å². The first-order chi connectivity index (χ1) is 10.5. The Morgan fingerprint density at radius 2 is 1.83 bits per heavy atom. The molecule has 0 saturated carbocycles. The number of anilines is 1. The van der Waals surface area contributed by atoms with Crippen molar-refractivity contribution in [2.75, 3.05) is 5.32 Å². The van der Waals surface area contributed by atoms with Crippen molar-refractivity contribution in [1.29, 1.82) is 0 Å². The van der Waals surface area contributed by atoms with Crippen LogP contribution in [0, 0.1) is 18.3 Å². The van der Waals surface area contributed by atoms with Crippen molar-refractivity contribution < 1.29 is 0 Å². The molecular formula is C20H33N3. The summed E-state index contributed by atoms with van der Waals surface area (Å²) in [7, 11) is 0. The minimum atomic E-state index is 0.0187. The Morgan fingerprint density at radius 1 is 1.17 bits per heavy atom. The third-order valence-corrected chi connectivity index (χ3v) is 3.88. The first-order valence-electron chi connectivity index (χ1n) is 8.73. The molecule has 0 aromatic carbocycles. The second-order valence-corrected chi connectivity index (χ2v) is 9.18. The van der Waals surface area contributed by atoms with Gasteiger partial charge in [-0.25, -0.2) is 4.98 Å². The van der Waals surface area contributed by atoms with Crippen LogP contribution in [0.2, 0.25) is 0 Å². The quantitative estimate of drug-likeness (QED) is 0.793. The summed E-state index contributed by atoms with van der Waals surface area (Å²) in [5.41, 5.74) is 3.76. The Labute approximate surface area is 141 Å². The van der Waals surface area contributed by atoms with Gasteiger partial charge in [-0.1, -0.05) is 34.6 Å². The van der Waals surface area contributed by atoms with Gasteiger partial charge in [0.1, 0.15) is 11.5 Å². The lowest BCUT2D eigenvalue weighted by atomic mass is 9.82. The van der Waals surface area contributed by atoms with Gasteiger partial charge in [-0.15, -0.1) is 0 Å². The number of nitrogens with zero attached hydrogens (tertiary/aromatic N) is 2. The molecule has 2 aromatic rings. The molecule has 23 heavy (non-hydrogen) atoms. The largest absolute Gasteiger partial charge is 0.365 e. The minimum absolute atomic E-state index is 0.0187. The van der Waals surface area contributed by atoms with Gasteiger partial charge in [0.25, 0.3) is 0 Å². The SMILES string of the molecule is Cc1ccn2c(NC(C)(C)CC(C)(C)C)c(CC(C)C)nc2c1. The lowest BCUT2D eigenvalue weighted by Gasteiger charge is -2.34. The third kappa shape index (κ3) is 4.73. The molecule has 3 heteroatoms. The van der Waals surface area contributed by atoms with Gasteiger partial charge in [0, 0.05) is 11.7 Å². The monoisotopic (exact) mass is 315 g/mol. The van der Waals surface area contributed by atoms with Crippen LogP contribution in [0.1, 0.15) is 66.1 Å². The van der Waals surface area contributed by atoms with Crippen molar-refractivity contribution in [2.24, 2.45) is 11.3 Å². The molecule has 0 saturated heterocycles. The van der Waals surface area contributed by atoms with Crippen LogP contribution in [0.15, 0.2) is 18.3 Å². The zero-order chi connectivity index (χ0) is 17.4. The van der Waals surface area contributed by atoms with Crippen LogP contribution in [0.3, 0.4) is 0 Å². The molecule has 0 aliphatic heterocycles. The van der Waals surface area contributed by atoms with Crippen LogP contribution < -0.4 is 5.32 Å². The van der Waals surface area contributed by atoms with Gasteiger partial charge in [-0.3, -0.25) is 4.40 Å². The molecule has 0 unspecified atom stereocenters. The molecule has 0 radical (unpaired) electrons. The average molecular weight is 316 g/mol. The molecule has 0 fully saturated rings. The fraction of sp³-hybridized carbons (Fsp3) is 0.650.